The van der Waals surface area contributed by atoms with Gasteiger partial charge in [-0.3, -0.25) is 0 Å². The van der Waals surface area contributed by atoms with Crippen molar-refractivity contribution in [1.29, 1.82) is 0 Å². The van der Waals surface area contributed by atoms with Crippen LogP contribution in [0, 0.1) is 11.8 Å². The van der Waals surface area contributed by atoms with Crippen LogP contribution >= 0.6 is 23.2 Å². The lowest BCUT2D eigenvalue weighted by Gasteiger charge is -2.37. The molecule has 1 atom stereocenters. The monoisotopic (exact) mass is 641 g/mol. The molecular formula is C36H37Cl2N5O2. The van der Waals surface area contributed by atoms with Crippen molar-refractivity contribution in [1.82, 2.24) is 19.5 Å². The number of hydrogen-bond donors (Lipinski definition) is 0. The Bertz CT molecular complexity index is 1760. The normalized spacial score (nSPS) is 20.4. The summed E-state index contributed by atoms with van der Waals surface area (Å²) in [4.78, 5) is 17.2. The number of anilines is 1. The standard InChI is InChI=1S/C36H37Cl2N5O2/c1-24-12-14-25(15-13-24)21-43-34-30(40-36(43)42-16-17-44-23-31(42)27-10-6-3-7-11-27)19-32(38)41-33(34)29-18-28(37)20-39-35(29)45-22-26-8-4-2-5-9-26/h2-11,18-20,24-25,31H,12-17,21-23H2,1H3/t24-,25-,31-/m0/s1. The Kier molecular flexibility index (Phi) is 8.92. The average Bonchev–Trinajstić information content (AvgIpc) is 3.43. The van der Waals surface area contributed by atoms with Crippen molar-refractivity contribution in [3.8, 4) is 17.1 Å². The molecule has 3 aromatic heterocycles. The summed E-state index contributed by atoms with van der Waals surface area (Å²) in [5.41, 5.74) is 5.31. The lowest BCUT2D eigenvalue weighted by molar-refractivity contribution is 0.0927. The van der Waals surface area contributed by atoms with E-state index in [2.05, 4.69) is 45.6 Å². The van der Waals surface area contributed by atoms with Gasteiger partial charge in [0.2, 0.25) is 11.8 Å². The molecule has 9 heteroatoms. The molecule has 45 heavy (non-hydrogen) atoms. The fraction of sp³-hybridized carbons (Fsp3) is 0.361. The first kappa shape index (κ1) is 30.0. The maximum absolute atomic E-state index is 6.73. The molecule has 0 N–H and O–H groups in total. The Balaban J connectivity index is 1.38. The predicted molar refractivity (Wildman–Crippen MR) is 180 cm³/mol. The van der Waals surface area contributed by atoms with E-state index in [4.69, 9.17) is 42.6 Å². The number of pyridine rings is 2. The highest BCUT2D eigenvalue weighted by Gasteiger charge is 2.32. The van der Waals surface area contributed by atoms with Gasteiger partial charge in [0, 0.05) is 25.4 Å². The molecule has 4 heterocycles. The fourth-order valence-corrected chi connectivity index (χ4v) is 7.04. The zero-order valence-electron chi connectivity index (χ0n) is 25.4. The third-order valence-corrected chi connectivity index (χ3v) is 9.51. The highest BCUT2D eigenvalue weighted by atomic mass is 35.5. The minimum Gasteiger partial charge on any atom is -0.472 e. The van der Waals surface area contributed by atoms with Crippen molar-refractivity contribution in [2.75, 3.05) is 24.7 Å². The van der Waals surface area contributed by atoms with Gasteiger partial charge in [-0.05, 0) is 41.9 Å². The van der Waals surface area contributed by atoms with Gasteiger partial charge in [-0.2, -0.15) is 0 Å². The van der Waals surface area contributed by atoms with Gasteiger partial charge in [-0.1, -0.05) is 104 Å². The van der Waals surface area contributed by atoms with Gasteiger partial charge in [0.25, 0.3) is 0 Å². The van der Waals surface area contributed by atoms with Crippen molar-refractivity contribution < 1.29 is 9.47 Å². The molecule has 7 rings (SSSR count). The van der Waals surface area contributed by atoms with Crippen LogP contribution in [0.5, 0.6) is 5.88 Å². The van der Waals surface area contributed by atoms with Crippen molar-refractivity contribution in [2.45, 2.75) is 51.8 Å². The maximum atomic E-state index is 6.73. The number of rotatable bonds is 8. The summed E-state index contributed by atoms with van der Waals surface area (Å²) in [6.07, 6.45) is 6.46. The molecule has 7 nitrogen and oxygen atoms in total. The molecule has 0 bridgehead atoms. The first-order valence-corrected chi connectivity index (χ1v) is 16.6. The van der Waals surface area contributed by atoms with Crippen LogP contribution in [0.1, 0.15) is 49.8 Å². The third-order valence-electron chi connectivity index (χ3n) is 9.11. The zero-order chi connectivity index (χ0) is 30.8. The number of aromatic nitrogens is 4. The van der Waals surface area contributed by atoms with E-state index in [0.717, 1.165) is 41.6 Å². The molecule has 0 spiro atoms. The molecule has 0 unspecified atom stereocenters. The van der Waals surface area contributed by atoms with Crippen LogP contribution in [-0.4, -0.2) is 39.3 Å². The molecule has 1 saturated carbocycles. The number of morpholine rings is 1. The molecule has 0 radical (unpaired) electrons. The molecule has 2 aromatic carbocycles. The second kappa shape index (κ2) is 13.4. The number of ether oxygens (including phenoxy) is 2. The van der Waals surface area contributed by atoms with Crippen LogP contribution in [0.25, 0.3) is 22.3 Å². The van der Waals surface area contributed by atoms with E-state index in [9.17, 15) is 0 Å². The Labute approximate surface area is 274 Å². The highest BCUT2D eigenvalue weighted by molar-refractivity contribution is 6.31. The second-order valence-electron chi connectivity index (χ2n) is 12.3. The number of hydrogen-bond acceptors (Lipinski definition) is 6. The Morgan fingerprint density at radius 1 is 0.933 bits per heavy atom. The molecule has 1 aliphatic heterocycles. The van der Waals surface area contributed by atoms with Gasteiger partial charge in [0.05, 0.1) is 40.9 Å². The van der Waals surface area contributed by atoms with Gasteiger partial charge in [0.15, 0.2) is 0 Å². The molecule has 5 aromatic rings. The summed E-state index contributed by atoms with van der Waals surface area (Å²) in [7, 11) is 0. The van der Waals surface area contributed by atoms with Crippen molar-refractivity contribution in [3.63, 3.8) is 0 Å². The molecule has 1 aliphatic carbocycles. The van der Waals surface area contributed by atoms with Crippen LogP contribution in [0.15, 0.2) is 79.0 Å². The van der Waals surface area contributed by atoms with Crippen molar-refractivity contribution >= 4 is 40.2 Å². The topological polar surface area (TPSA) is 65.3 Å². The first-order chi connectivity index (χ1) is 22.0. The molecule has 2 fully saturated rings. The molecule has 1 saturated heterocycles. The van der Waals surface area contributed by atoms with Crippen LogP contribution in [-0.2, 0) is 17.9 Å². The first-order valence-electron chi connectivity index (χ1n) is 15.8. The van der Waals surface area contributed by atoms with Crippen LogP contribution in [0.4, 0.5) is 5.95 Å². The number of fused-ring (bicyclic) bond motifs is 1. The number of benzene rings is 2. The van der Waals surface area contributed by atoms with E-state index in [0.29, 0.717) is 53.1 Å². The maximum Gasteiger partial charge on any atom is 0.223 e. The molecule has 232 valence electrons. The van der Waals surface area contributed by atoms with Crippen molar-refractivity contribution in [2.24, 2.45) is 11.8 Å². The lowest BCUT2D eigenvalue weighted by Crippen LogP contribution is -2.41. The van der Waals surface area contributed by atoms with Gasteiger partial charge in [-0.15, -0.1) is 0 Å². The molecular weight excluding hydrogens is 605 g/mol. The summed E-state index contributed by atoms with van der Waals surface area (Å²) in [6, 6.07) is 24.4. The average molecular weight is 643 g/mol. The lowest BCUT2D eigenvalue weighted by atomic mass is 9.83. The zero-order valence-corrected chi connectivity index (χ0v) is 26.9. The summed E-state index contributed by atoms with van der Waals surface area (Å²) in [5.74, 6) is 2.66. The Hall–Kier alpha value is -3.65. The number of nitrogens with zero attached hydrogens (tertiary/aromatic N) is 5. The number of halogens is 2. The van der Waals surface area contributed by atoms with E-state index < -0.39 is 0 Å². The Morgan fingerprint density at radius 3 is 2.47 bits per heavy atom. The van der Waals surface area contributed by atoms with Crippen LogP contribution < -0.4 is 9.64 Å². The summed E-state index contributed by atoms with van der Waals surface area (Å²) in [6.45, 7) is 5.51. The number of imidazole rings is 1. The minimum atomic E-state index is 0.0337. The van der Waals surface area contributed by atoms with E-state index in [-0.39, 0.29) is 6.04 Å². The largest absolute Gasteiger partial charge is 0.472 e. The summed E-state index contributed by atoms with van der Waals surface area (Å²) in [5, 5.41) is 0.854. The highest BCUT2D eigenvalue weighted by Crippen LogP contribution is 2.41. The van der Waals surface area contributed by atoms with Crippen LogP contribution in [0.2, 0.25) is 10.2 Å². The SMILES string of the molecule is C[C@H]1CC[C@H](Cn2c(N3CCOC[C@H]3c3ccccc3)nc3cc(Cl)nc(-c4cc(Cl)cnc4OCc4ccccc4)c32)CC1. The van der Waals surface area contributed by atoms with Crippen LogP contribution in [0.3, 0.4) is 0 Å². The summed E-state index contributed by atoms with van der Waals surface area (Å²) >= 11 is 13.3. The van der Waals surface area contributed by atoms with E-state index in [1.807, 2.05) is 48.5 Å². The van der Waals surface area contributed by atoms with Gasteiger partial charge < -0.3 is 18.9 Å². The quantitative estimate of drug-likeness (QED) is 0.158. The molecule has 0 amide bonds. The van der Waals surface area contributed by atoms with E-state index >= 15 is 0 Å². The molecule has 2 aliphatic rings. The van der Waals surface area contributed by atoms with E-state index in [1.165, 1.54) is 31.2 Å². The predicted octanol–water partition coefficient (Wildman–Crippen LogP) is 8.78. The van der Waals surface area contributed by atoms with Gasteiger partial charge >= 0.3 is 0 Å². The minimum absolute atomic E-state index is 0.0337. The van der Waals surface area contributed by atoms with Gasteiger partial charge in [0.1, 0.15) is 17.5 Å². The second-order valence-corrected chi connectivity index (χ2v) is 13.1. The fourth-order valence-electron chi connectivity index (χ4n) is 6.70. The third kappa shape index (κ3) is 6.53. The van der Waals surface area contributed by atoms with Gasteiger partial charge in [-0.25, -0.2) is 15.0 Å². The van der Waals surface area contributed by atoms with Crippen molar-refractivity contribution in [3.05, 3.63) is 100 Å². The van der Waals surface area contributed by atoms with E-state index in [1.54, 1.807) is 6.20 Å². The Morgan fingerprint density at radius 2 is 1.69 bits per heavy atom. The smallest absolute Gasteiger partial charge is 0.223 e. The summed E-state index contributed by atoms with van der Waals surface area (Å²) < 4.78 is 14.7.